The van der Waals surface area contributed by atoms with Gasteiger partial charge in [0.1, 0.15) is 22.8 Å². The number of carbonyl (C=O) groups is 1. The molecular formula is C19H19N3O5. The molecule has 140 valence electrons. The standard InChI is InChI=1S/C19H19N3O5/c1-24-13-9-7-12(8-10-13)19-22-21-16(27-19)11-20-18(23)17-14(25-2)5-4-6-15(17)26-3/h4-10H,11H2,1-3H3,(H,20,23). The van der Waals surface area contributed by atoms with Crippen LogP contribution >= 0.6 is 0 Å². The molecule has 0 spiro atoms. The molecule has 2 aromatic carbocycles. The van der Waals surface area contributed by atoms with E-state index in [9.17, 15) is 4.79 Å². The highest BCUT2D eigenvalue weighted by Gasteiger charge is 2.19. The van der Waals surface area contributed by atoms with Crippen LogP contribution in [0.15, 0.2) is 46.9 Å². The van der Waals surface area contributed by atoms with Gasteiger partial charge in [-0.15, -0.1) is 10.2 Å². The zero-order valence-electron chi connectivity index (χ0n) is 15.2. The van der Waals surface area contributed by atoms with Crippen LogP contribution < -0.4 is 19.5 Å². The summed E-state index contributed by atoms with van der Waals surface area (Å²) in [6.45, 7) is 0.0726. The molecule has 0 aliphatic carbocycles. The van der Waals surface area contributed by atoms with E-state index in [0.29, 0.717) is 23.0 Å². The number of hydrogen-bond donors (Lipinski definition) is 1. The van der Waals surface area contributed by atoms with Crippen molar-refractivity contribution in [2.75, 3.05) is 21.3 Å². The summed E-state index contributed by atoms with van der Waals surface area (Å²) in [5, 5.41) is 10.7. The lowest BCUT2D eigenvalue weighted by atomic mass is 10.1. The first-order valence-electron chi connectivity index (χ1n) is 8.12. The molecule has 0 aliphatic heterocycles. The Hall–Kier alpha value is -3.55. The highest BCUT2D eigenvalue weighted by Crippen LogP contribution is 2.28. The Balaban J connectivity index is 1.71. The van der Waals surface area contributed by atoms with E-state index in [-0.39, 0.29) is 18.3 Å². The van der Waals surface area contributed by atoms with Crippen LogP contribution in [0.5, 0.6) is 17.2 Å². The normalized spacial score (nSPS) is 10.3. The Bertz CT molecular complexity index is 899. The summed E-state index contributed by atoms with van der Waals surface area (Å²) < 4.78 is 21.2. The highest BCUT2D eigenvalue weighted by atomic mass is 16.5. The van der Waals surface area contributed by atoms with Gasteiger partial charge in [-0.3, -0.25) is 4.79 Å². The smallest absolute Gasteiger partial charge is 0.259 e. The van der Waals surface area contributed by atoms with E-state index < -0.39 is 0 Å². The summed E-state index contributed by atoms with van der Waals surface area (Å²) in [4.78, 5) is 12.5. The molecule has 27 heavy (non-hydrogen) atoms. The van der Waals surface area contributed by atoms with Gasteiger partial charge in [0.15, 0.2) is 0 Å². The van der Waals surface area contributed by atoms with Crippen LogP contribution in [-0.2, 0) is 6.54 Å². The fourth-order valence-corrected chi connectivity index (χ4v) is 2.49. The van der Waals surface area contributed by atoms with Crippen molar-refractivity contribution in [1.29, 1.82) is 0 Å². The van der Waals surface area contributed by atoms with E-state index in [1.54, 1.807) is 37.4 Å². The molecule has 0 unspecified atom stereocenters. The van der Waals surface area contributed by atoms with Gasteiger partial charge in [0, 0.05) is 5.56 Å². The highest BCUT2D eigenvalue weighted by molar-refractivity contribution is 5.99. The molecular weight excluding hydrogens is 350 g/mol. The lowest BCUT2D eigenvalue weighted by Gasteiger charge is -2.12. The van der Waals surface area contributed by atoms with Crippen molar-refractivity contribution in [2.45, 2.75) is 6.54 Å². The average Bonchev–Trinajstić information content (AvgIpc) is 3.20. The summed E-state index contributed by atoms with van der Waals surface area (Å²) in [6, 6.07) is 12.3. The van der Waals surface area contributed by atoms with E-state index >= 15 is 0 Å². The number of amides is 1. The summed E-state index contributed by atoms with van der Waals surface area (Å²) >= 11 is 0. The molecule has 1 N–H and O–H groups in total. The molecule has 0 saturated carbocycles. The molecule has 1 aromatic heterocycles. The quantitative estimate of drug-likeness (QED) is 0.684. The molecule has 0 bridgehead atoms. The Labute approximate surface area is 156 Å². The third kappa shape index (κ3) is 4.00. The van der Waals surface area contributed by atoms with Crippen LogP contribution in [0.25, 0.3) is 11.5 Å². The van der Waals surface area contributed by atoms with Crippen molar-refractivity contribution in [3.05, 3.63) is 53.9 Å². The number of rotatable bonds is 7. The van der Waals surface area contributed by atoms with Crippen LogP contribution in [0.2, 0.25) is 0 Å². The fraction of sp³-hybridized carbons (Fsp3) is 0.211. The van der Waals surface area contributed by atoms with Crippen molar-refractivity contribution in [3.63, 3.8) is 0 Å². The van der Waals surface area contributed by atoms with Crippen molar-refractivity contribution in [2.24, 2.45) is 0 Å². The number of carbonyl (C=O) groups excluding carboxylic acids is 1. The number of benzene rings is 2. The van der Waals surface area contributed by atoms with Gasteiger partial charge >= 0.3 is 0 Å². The Morgan fingerprint density at radius 2 is 1.63 bits per heavy atom. The van der Waals surface area contributed by atoms with E-state index in [1.165, 1.54) is 14.2 Å². The first kappa shape index (κ1) is 18.2. The summed E-state index contributed by atoms with van der Waals surface area (Å²) in [5.74, 6) is 1.83. The number of ether oxygens (including phenoxy) is 3. The minimum atomic E-state index is -0.367. The lowest BCUT2D eigenvalue weighted by Crippen LogP contribution is -2.24. The average molecular weight is 369 g/mol. The first-order valence-corrected chi connectivity index (χ1v) is 8.12. The maximum absolute atomic E-state index is 12.5. The largest absolute Gasteiger partial charge is 0.497 e. The zero-order valence-corrected chi connectivity index (χ0v) is 15.2. The van der Waals surface area contributed by atoms with E-state index in [1.807, 2.05) is 12.1 Å². The second kappa shape index (κ2) is 8.22. The molecule has 0 fully saturated rings. The van der Waals surface area contributed by atoms with Crippen LogP contribution in [0.3, 0.4) is 0 Å². The minimum absolute atomic E-state index is 0.0726. The number of methoxy groups -OCH3 is 3. The summed E-state index contributed by atoms with van der Waals surface area (Å²) in [5.41, 5.74) is 1.06. The molecule has 8 nitrogen and oxygen atoms in total. The Morgan fingerprint density at radius 3 is 2.22 bits per heavy atom. The van der Waals surface area contributed by atoms with Gasteiger partial charge in [-0.1, -0.05) is 6.07 Å². The van der Waals surface area contributed by atoms with Crippen molar-refractivity contribution in [3.8, 4) is 28.7 Å². The predicted molar refractivity (Wildman–Crippen MR) is 97.0 cm³/mol. The molecule has 1 amide bonds. The molecule has 8 heteroatoms. The Morgan fingerprint density at radius 1 is 0.963 bits per heavy atom. The second-order valence-corrected chi connectivity index (χ2v) is 5.45. The third-order valence-corrected chi connectivity index (χ3v) is 3.86. The third-order valence-electron chi connectivity index (χ3n) is 3.86. The maximum Gasteiger partial charge on any atom is 0.259 e. The van der Waals surface area contributed by atoms with Gasteiger partial charge in [0.05, 0.1) is 27.9 Å². The van der Waals surface area contributed by atoms with Crippen molar-refractivity contribution < 1.29 is 23.4 Å². The van der Waals surface area contributed by atoms with E-state index in [0.717, 1.165) is 11.3 Å². The monoisotopic (exact) mass is 369 g/mol. The van der Waals surface area contributed by atoms with Gasteiger partial charge < -0.3 is 23.9 Å². The predicted octanol–water partition coefficient (Wildman–Crippen LogP) is 2.69. The van der Waals surface area contributed by atoms with Gasteiger partial charge in [-0.2, -0.15) is 0 Å². The van der Waals surface area contributed by atoms with Crippen LogP contribution in [0.1, 0.15) is 16.2 Å². The summed E-state index contributed by atoms with van der Waals surface area (Å²) in [6.07, 6.45) is 0. The second-order valence-electron chi connectivity index (χ2n) is 5.45. The van der Waals surface area contributed by atoms with Gasteiger partial charge in [-0.25, -0.2) is 0 Å². The van der Waals surface area contributed by atoms with Crippen molar-refractivity contribution in [1.82, 2.24) is 15.5 Å². The maximum atomic E-state index is 12.5. The Kier molecular flexibility index (Phi) is 5.55. The van der Waals surface area contributed by atoms with Crippen molar-refractivity contribution >= 4 is 5.91 Å². The molecule has 1 heterocycles. The molecule has 3 aromatic rings. The molecule has 0 aliphatic rings. The van der Waals surface area contributed by atoms with E-state index in [2.05, 4.69) is 15.5 Å². The van der Waals surface area contributed by atoms with Crippen LogP contribution in [-0.4, -0.2) is 37.4 Å². The van der Waals surface area contributed by atoms with Gasteiger partial charge in [0.25, 0.3) is 5.91 Å². The first-order chi connectivity index (χ1) is 13.2. The minimum Gasteiger partial charge on any atom is -0.497 e. The number of aromatic nitrogens is 2. The van der Waals surface area contributed by atoms with E-state index in [4.69, 9.17) is 18.6 Å². The molecule has 3 rings (SSSR count). The molecule has 0 saturated heterocycles. The molecule has 0 atom stereocenters. The lowest BCUT2D eigenvalue weighted by molar-refractivity contribution is 0.0941. The van der Waals surface area contributed by atoms with Crippen LogP contribution in [0, 0.1) is 0 Å². The molecule has 0 radical (unpaired) electrons. The SMILES string of the molecule is COc1ccc(-c2nnc(CNC(=O)c3c(OC)cccc3OC)o2)cc1. The zero-order chi connectivity index (χ0) is 19.2. The topological polar surface area (TPSA) is 95.7 Å². The van der Waals surface area contributed by atoms with Crippen LogP contribution in [0.4, 0.5) is 0 Å². The van der Waals surface area contributed by atoms with Gasteiger partial charge in [-0.05, 0) is 36.4 Å². The number of nitrogens with one attached hydrogen (secondary N) is 1. The number of hydrogen-bond acceptors (Lipinski definition) is 7. The number of nitrogens with zero attached hydrogens (tertiary/aromatic N) is 2. The summed E-state index contributed by atoms with van der Waals surface area (Å²) in [7, 11) is 4.58. The fourth-order valence-electron chi connectivity index (χ4n) is 2.49. The van der Waals surface area contributed by atoms with Gasteiger partial charge in [0.2, 0.25) is 11.8 Å².